The molecule has 4 heteroatoms. The van der Waals surface area contributed by atoms with Gasteiger partial charge in [0.25, 0.3) is 0 Å². The van der Waals surface area contributed by atoms with Gasteiger partial charge in [-0.2, -0.15) is 0 Å². The number of hydrogen-bond acceptors (Lipinski definition) is 3. The Balaban J connectivity index is 2.00. The number of benzene rings is 1. The van der Waals surface area contributed by atoms with Crippen LogP contribution < -0.4 is 5.63 Å². The topological polar surface area (TPSA) is 50.4 Å². The number of alkyl halides is 1. The van der Waals surface area contributed by atoms with Crippen molar-refractivity contribution in [3.05, 3.63) is 63.7 Å². The number of hydrogen-bond donors (Lipinski definition) is 1. The first-order valence-electron chi connectivity index (χ1n) is 7.67. The lowest BCUT2D eigenvalue weighted by atomic mass is 9.87. The van der Waals surface area contributed by atoms with Crippen molar-refractivity contribution >= 4 is 0 Å². The summed E-state index contributed by atoms with van der Waals surface area (Å²) in [6.07, 6.45) is 2.69. The Labute approximate surface area is 128 Å². The predicted molar refractivity (Wildman–Crippen MR) is 81.9 cm³/mol. The molecule has 1 N–H and O–H groups in total. The number of aryl methyl sites for hydroxylation is 1. The van der Waals surface area contributed by atoms with E-state index >= 15 is 0 Å². The Morgan fingerprint density at radius 1 is 1.27 bits per heavy atom. The van der Waals surface area contributed by atoms with Gasteiger partial charge in [-0.1, -0.05) is 30.3 Å². The smallest absolute Gasteiger partial charge is 0.343 e. The van der Waals surface area contributed by atoms with E-state index in [0.717, 1.165) is 18.4 Å². The second-order valence-corrected chi connectivity index (χ2v) is 5.82. The fourth-order valence-electron chi connectivity index (χ4n) is 2.95. The largest absolute Gasteiger partial charge is 0.507 e. The van der Waals surface area contributed by atoms with Crippen LogP contribution in [0.3, 0.4) is 0 Å². The maximum Gasteiger partial charge on any atom is 0.343 e. The van der Waals surface area contributed by atoms with E-state index in [4.69, 9.17) is 4.42 Å². The van der Waals surface area contributed by atoms with Crippen molar-refractivity contribution in [3.63, 3.8) is 0 Å². The first-order chi connectivity index (χ1) is 10.7. The molecule has 1 heterocycles. The minimum Gasteiger partial charge on any atom is -0.507 e. The zero-order valence-corrected chi connectivity index (χ0v) is 12.3. The summed E-state index contributed by atoms with van der Waals surface area (Å²) in [5.74, 6) is 0.540. The summed E-state index contributed by atoms with van der Waals surface area (Å²) in [4.78, 5) is 12.4. The minimum atomic E-state index is -0.505. The molecule has 1 aromatic carbocycles. The van der Waals surface area contributed by atoms with Gasteiger partial charge in [-0.25, -0.2) is 4.79 Å². The molecule has 3 rings (SSSR count). The molecule has 0 aliphatic heterocycles. The van der Waals surface area contributed by atoms with E-state index in [0.29, 0.717) is 23.7 Å². The molecule has 1 atom stereocenters. The number of aromatic hydroxyl groups is 1. The summed E-state index contributed by atoms with van der Waals surface area (Å²) in [6.45, 7) is -0.471. The molecule has 0 radical (unpaired) electrons. The maximum absolute atomic E-state index is 12.4. The quantitative estimate of drug-likeness (QED) is 0.883. The summed E-state index contributed by atoms with van der Waals surface area (Å²) < 4.78 is 17.5. The third-order valence-corrected chi connectivity index (χ3v) is 4.14. The molecule has 1 fully saturated rings. The normalized spacial score (nSPS) is 15.7. The molecule has 1 aliphatic rings. The van der Waals surface area contributed by atoms with Crippen LogP contribution in [0.2, 0.25) is 0 Å². The van der Waals surface area contributed by atoms with Gasteiger partial charge >= 0.3 is 5.63 Å². The highest BCUT2D eigenvalue weighted by atomic mass is 19.1. The first kappa shape index (κ1) is 14.8. The highest BCUT2D eigenvalue weighted by Crippen LogP contribution is 2.47. The second kappa shape index (κ2) is 6.34. The average molecular weight is 302 g/mol. The van der Waals surface area contributed by atoms with Gasteiger partial charge in [0, 0.05) is 18.4 Å². The van der Waals surface area contributed by atoms with E-state index in [2.05, 4.69) is 0 Å². The van der Waals surface area contributed by atoms with Gasteiger partial charge in [-0.3, -0.25) is 4.39 Å². The lowest BCUT2D eigenvalue weighted by Crippen LogP contribution is -2.16. The highest BCUT2D eigenvalue weighted by molar-refractivity contribution is 5.41. The Morgan fingerprint density at radius 2 is 2.00 bits per heavy atom. The molecule has 1 unspecified atom stereocenters. The van der Waals surface area contributed by atoms with Crippen LogP contribution in [0.15, 0.2) is 45.6 Å². The summed E-state index contributed by atoms with van der Waals surface area (Å²) in [5.41, 5.74) is 0.844. The zero-order valence-electron chi connectivity index (χ0n) is 12.3. The van der Waals surface area contributed by atoms with Crippen molar-refractivity contribution in [1.82, 2.24) is 0 Å². The molecule has 116 valence electrons. The molecule has 1 aliphatic carbocycles. The monoisotopic (exact) mass is 302 g/mol. The lowest BCUT2D eigenvalue weighted by Gasteiger charge is -2.17. The molecular weight excluding hydrogens is 283 g/mol. The Kier molecular flexibility index (Phi) is 4.27. The minimum absolute atomic E-state index is 0.0362. The van der Waals surface area contributed by atoms with E-state index in [9.17, 15) is 14.3 Å². The average Bonchev–Trinajstić information content (AvgIpc) is 3.34. The Hall–Kier alpha value is -2.10. The van der Waals surface area contributed by atoms with Crippen LogP contribution in [-0.2, 0) is 6.42 Å². The maximum atomic E-state index is 12.4. The fraction of sp³-hybridized carbons (Fsp3) is 0.389. The van der Waals surface area contributed by atoms with Crippen LogP contribution in [0.5, 0.6) is 5.75 Å². The molecule has 1 aromatic heterocycles. The molecule has 0 amide bonds. The standard InChI is InChI=1S/C18H19FO3/c19-10-4-7-14-11-15(20)17(18(21)22-14)16(13-8-9-13)12-5-2-1-3-6-12/h1-3,5-6,11,13,16,20H,4,7-10H2. The van der Waals surface area contributed by atoms with Gasteiger partial charge in [0.15, 0.2) is 0 Å². The van der Waals surface area contributed by atoms with Crippen molar-refractivity contribution in [2.24, 2.45) is 5.92 Å². The van der Waals surface area contributed by atoms with Crippen LogP contribution in [0.25, 0.3) is 0 Å². The van der Waals surface area contributed by atoms with Crippen molar-refractivity contribution in [2.45, 2.75) is 31.6 Å². The van der Waals surface area contributed by atoms with Crippen LogP contribution >= 0.6 is 0 Å². The van der Waals surface area contributed by atoms with E-state index < -0.39 is 12.3 Å². The fourth-order valence-corrected chi connectivity index (χ4v) is 2.95. The predicted octanol–water partition coefficient (Wildman–Crippen LogP) is 3.79. The van der Waals surface area contributed by atoms with E-state index in [1.54, 1.807) is 0 Å². The second-order valence-electron chi connectivity index (χ2n) is 5.82. The van der Waals surface area contributed by atoms with Gasteiger partial charge in [-0.15, -0.1) is 0 Å². The van der Waals surface area contributed by atoms with Crippen molar-refractivity contribution in [3.8, 4) is 5.75 Å². The third-order valence-electron chi connectivity index (χ3n) is 4.14. The van der Waals surface area contributed by atoms with E-state index in [-0.39, 0.29) is 18.1 Å². The summed E-state index contributed by atoms with van der Waals surface area (Å²) >= 11 is 0. The molecule has 0 spiro atoms. The highest BCUT2D eigenvalue weighted by Gasteiger charge is 2.37. The van der Waals surface area contributed by atoms with Gasteiger partial charge in [0.05, 0.1) is 12.2 Å². The molecule has 1 saturated carbocycles. The van der Waals surface area contributed by atoms with Crippen molar-refractivity contribution in [1.29, 1.82) is 0 Å². The van der Waals surface area contributed by atoms with Gasteiger partial charge in [0.1, 0.15) is 11.5 Å². The Morgan fingerprint density at radius 3 is 2.59 bits per heavy atom. The van der Waals surface area contributed by atoms with Crippen LogP contribution in [0.4, 0.5) is 4.39 Å². The molecule has 0 saturated heterocycles. The van der Waals surface area contributed by atoms with Crippen LogP contribution in [-0.4, -0.2) is 11.8 Å². The summed E-state index contributed by atoms with van der Waals surface area (Å²) in [7, 11) is 0. The van der Waals surface area contributed by atoms with Crippen LogP contribution in [0.1, 0.15) is 42.1 Å². The SMILES string of the molecule is O=c1oc(CCCF)cc(O)c1C(c1ccccc1)C1CC1. The van der Waals surface area contributed by atoms with E-state index in [1.165, 1.54) is 6.07 Å². The summed E-state index contributed by atoms with van der Waals surface area (Å²) in [6, 6.07) is 11.2. The molecule has 0 bridgehead atoms. The molecule has 2 aromatic rings. The van der Waals surface area contributed by atoms with Crippen molar-refractivity contribution in [2.75, 3.05) is 6.67 Å². The lowest BCUT2D eigenvalue weighted by molar-refractivity contribution is 0.390. The zero-order chi connectivity index (χ0) is 15.5. The molecule has 3 nitrogen and oxygen atoms in total. The summed E-state index contributed by atoms with van der Waals surface area (Å²) in [5, 5.41) is 10.3. The van der Waals surface area contributed by atoms with Crippen LogP contribution in [0, 0.1) is 5.92 Å². The molecule has 22 heavy (non-hydrogen) atoms. The third kappa shape index (κ3) is 3.06. The number of halogens is 1. The van der Waals surface area contributed by atoms with Gasteiger partial charge in [0.2, 0.25) is 0 Å². The number of rotatable bonds is 6. The van der Waals surface area contributed by atoms with E-state index in [1.807, 2.05) is 30.3 Å². The van der Waals surface area contributed by atoms with Crippen molar-refractivity contribution < 1.29 is 13.9 Å². The van der Waals surface area contributed by atoms with Gasteiger partial charge in [-0.05, 0) is 30.7 Å². The Bertz CT molecular complexity index is 689. The van der Waals surface area contributed by atoms with Gasteiger partial charge < -0.3 is 9.52 Å². The molecular formula is C18H19FO3. The first-order valence-corrected chi connectivity index (χ1v) is 7.67.